The van der Waals surface area contributed by atoms with Crippen LogP contribution in [-0.4, -0.2) is 15.7 Å². The molecule has 2 aromatic rings. The first-order valence-corrected chi connectivity index (χ1v) is 8.31. The first-order chi connectivity index (χ1) is 10.2. The van der Waals surface area contributed by atoms with Crippen molar-refractivity contribution >= 4 is 19.3 Å². The monoisotopic (exact) mass is 319 g/mol. The normalized spacial score (nSPS) is 11.3. The van der Waals surface area contributed by atoms with Crippen LogP contribution in [0.1, 0.15) is 27.0 Å². The van der Waals surface area contributed by atoms with Crippen molar-refractivity contribution in [3.05, 3.63) is 64.7 Å². The van der Waals surface area contributed by atoms with Gasteiger partial charge in [0.15, 0.2) is 0 Å². The lowest BCUT2D eigenvalue weighted by atomic mass is 10.0. The van der Waals surface area contributed by atoms with Crippen molar-refractivity contribution in [1.29, 1.82) is 0 Å². The molecule has 0 saturated carbocycles. The van der Waals surface area contributed by atoms with Crippen LogP contribution in [-0.2, 0) is 4.57 Å². The molecule has 0 heterocycles. The van der Waals surface area contributed by atoms with Crippen molar-refractivity contribution in [3.63, 3.8) is 0 Å². The number of aryl methyl sites for hydroxylation is 3. The number of nitrogens with zero attached hydrogens (tertiary/aromatic N) is 1. The molecule has 0 aliphatic heterocycles. The van der Waals surface area contributed by atoms with E-state index in [4.69, 9.17) is 0 Å². The van der Waals surface area contributed by atoms with Gasteiger partial charge in [0.2, 0.25) is 0 Å². The standard InChI is InChI=1S/C16H18NO4P/c1-11-9-12(2)15(13(3)10-11)17(22(19,20)21)16(18)14-7-5-4-6-8-14/h4-10H,1-3H3,(H2,19,20,21). The van der Waals surface area contributed by atoms with E-state index in [9.17, 15) is 19.1 Å². The van der Waals surface area contributed by atoms with Crippen LogP contribution >= 0.6 is 7.75 Å². The summed E-state index contributed by atoms with van der Waals surface area (Å²) in [4.78, 5) is 32.0. The van der Waals surface area contributed by atoms with Crippen LogP contribution in [0, 0.1) is 20.8 Å². The van der Waals surface area contributed by atoms with E-state index in [0.29, 0.717) is 15.8 Å². The van der Waals surface area contributed by atoms with E-state index in [-0.39, 0.29) is 11.3 Å². The molecule has 116 valence electrons. The van der Waals surface area contributed by atoms with Crippen LogP contribution in [0.3, 0.4) is 0 Å². The van der Waals surface area contributed by atoms with Crippen LogP contribution in [0.25, 0.3) is 0 Å². The number of hydrogen-bond donors (Lipinski definition) is 2. The summed E-state index contributed by atoms with van der Waals surface area (Å²) in [5, 5.41) is 0. The molecule has 6 heteroatoms. The van der Waals surface area contributed by atoms with Gasteiger partial charge in [0, 0.05) is 5.56 Å². The number of benzene rings is 2. The fourth-order valence-electron chi connectivity index (χ4n) is 2.56. The van der Waals surface area contributed by atoms with Crippen molar-refractivity contribution < 1.29 is 19.1 Å². The summed E-state index contributed by atoms with van der Waals surface area (Å²) in [7, 11) is -4.80. The summed E-state index contributed by atoms with van der Waals surface area (Å²) in [5.74, 6) is -0.719. The Bertz CT molecular complexity index is 729. The van der Waals surface area contributed by atoms with E-state index >= 15 is 0 Å². The van der Waals surface area contributed by atoms with Crippen LogP contribution in [0.15, 0.2) is 42.5 Å². The smallest absolute Gasteiger partial charge is 0.308 e. The number of hydrogen-bond acceptors (Lipinski definition) is 2. The molecule has 0 unspecified atom stereocenters. The zero-order chi connectivity index (χ0) is 16.5. The third-order valence-corrected chi connectivity index (χ3v) is 4.22. The van der Waals surface area contributed by atoms with E-state index in [1.807, 2.05) is 6.92 Å². The molecule has 2 aromatic carbocycles. The van der Waals surface area contributed by atoms with E-state index in [1.165, 1.54) is 12.1 Å². The number of anilines is 1. The Morgan fingerprint density at radius 1 is 1.00 bits per heavy atom. The summed E-state index contributed by atoms with van der Waals surface area (Å²) in [6.07, 6.45) is 0. The number of rotatable bonds is 3. The second-order valence-corrected chi connectivity index (χ2v) is 6.67. The van der Waals surface area contributed by atoms with Crippen LogP contribution in [0.4, 0.5) is 5.69 Å². The van der Waals surface area contributed by atoms with Gasteiger partial charge in [-0.2, -0.15) is 0 Å². The largest absolute Gasteiger partial charge is 0.437 e. The second-order valence-electron chi connectivity index (χ2n) is 5.24. The molecule has 0 aliphatic rings. The molecule has 22 heavy (non-hydrogen) atoms. The first-order valence-electron chi connectivity index (χ1n) is 6.75. The number of carbonyl (C=O) groups is 1. The maximum Gasteiger partial charge on any atom is 0.437 e. The predicted octanol–water partition coefficient (Wildman–Crippen LogP) is 3.35. The Morgan fingerprint density at radius 2 is 1.50 bits per heavy atom. The molecular formula is C16H18NO4P. The van der Waals surface area contributed by atoms with Gasteiger partial charge in [0.1, 0.15) is 0 Å². The minimum Gasteiger partial charge on any atom is -0.308 e. The molecule has 1 amide bonds. The minimum absolute atomic E-state index is 0.227. The third-order valence-electron chi connectivity index (χ3n) is 3.32. The van der Waals surface area contributed by atoms with E-state index in [1.54, 1.807) is 44.2 Å². The van der Waals surface area contributed by atoms with Crippen LogP contribution < -0.4 is 4.67 Å². The van der Waals surface area contributed by atoms with Gasteiger partial charge < -0.3 is 9.79 Å². The second kappa shape index (κ2) is 6.05. The highest BCUT2D eigenvalue weighted by Gasteiger charge is 2.35. The number of carbonyl (C=O) groups excluding carboxylic acids is 1. The molecule has 0 aromatic heterocycles. The van der Waals surface area contributed by atoms with Crippen molar-refractivity contribution in [1.82, 2.24) is 0 Å². The van der Waals surface area contributed by atoms with Gasteiger partial charge >= 0.3 is 7.75 Å². The minimum atomic E-state index is -4.80. The van der Waals surface area contributed by atoms with Gasteiger partial charge in [-0.05, 0) is 44.0 Å². The topological polar surface area (TPSA) is 77.8 Å². The van der Waals surface area contributed by atoms with Crippen molar-refractivity contribution in [2.75, 3.05) is 4.67 Å². The zero-order valence-corrected chi connectivity index (χ0v) is 13.5. The Balaban J connectivity index is 2.64. The molecule has 0 radical (unpaired) electrons. The zero-order valence-electron chi connectivity index (χ0n) is 12.6. The Morgan fingerprint density at radius 3 is 1.95 bits per heavy atom. The highest BCUT2D eigenvalue weighted by atomic mass is 31.2. The SMILES string of the molecule is Cc1cc(C)c(N(C(=O)c2ccccc2)P(=O)(O)O)c(C)c1. The summed E-state index contributed by atoms with van der Waals surface area (Å²) in [6.45, 7) is 5.36. The third kappa shape index (κ3) is 3.28. The molecule has 0 atom stereocenters. The lowest BCUT2D eigenvalue weighted by Gasteiger charge is -2.27. The van der Waals surface area contributed by atoms with E-state index in [0.717, 1.165) is 5.56 Å². The summed E-state index contributed by atoms with van der Waals surface area (Å²) in [6, 6.07) is 11.7. The average Bonchev–Trinajstić information content (AvgIpc) is 2.41. The van der Waals surface area contributed by atoms with Crippen molar-refractivity contribution in [2.45, 2.75) is 20.8 Å². The maximum absolute atomic E-state index is 12.6. The molecule has 2 rings (SSSR count). The average molecular weight is 319 g/mol. The van der Waals surface area contributed by atoms with Crippen LogP contribution in [0.2, 0.25) is 0 Å². The maximum atomic E-state index is 12.6. The molecule has 5 nitrogen and oxygen atoms in total. The Kier molecular flexibility index (Phi) is 4.52. The van der Waals surface area contributed by atoms with Gasteiger partial charge in [-0.25, -0.2) is 9.24 Å². The quantitative estimate of drug-likeness (QED) is 0.851. The van der Waals surface area contributed by atoms with Crippen molar-refractivity contribution in [3.8, 4) is 0 Å². The molecule has 0 fully saturated rings. The van der Waals surface area contributed by atoms with E-state index in [2.05, 4.69) is 0 Å². The van der Waals surface area contributed by atoms with Crippen molar-refractivity contribution in [2.24, 2.45) is 0 Å². The fourth-order valence-corrected chi connectivity index (χ4v) is 3.49. The van der Waals surface area contributed by atoms with Gasteiger partial charge in [-0.1, -0.05) is 35.9 Å². The lowest BCUT2D eigenvalue weighted by Crippen LogP contribution is -2.29. The number of amides is 1. The van der Waals surface area contributed by atoms with Gasteiger partial charge in [0.05, 0.1) is 5.69 Å². The van der Waals surface area contributed by atoms with Crippen LogP contribution in [0.5, 0.6) is 0 Å². The molecular weight excluding hydrogens is 301 g/mol. The predicted molar refractivity (Wildman–Crippen MR) is 85.9 cm³/mol. The Hall–Kier alpha value is -1.94. The summed E-state index contributed by atoms with van der Waals surface area (Å²) < 4.78 is 12.5. The highest BCUT2D eigenvalue weighted by molar-refractivity contribution is 7.54. The highest BCUT2D eigenvalue weighted by Crippen LogP contribution is 2.47. The fraction of sp³-hybridized carbons (Fsp3) is 0.188. The first kappa shape index (κ1) is 16.4. The van der Waals surface area contributed by atoms with Gasteiger partial charge in [-0.3, -0.25) is 4.79 Å². The summed E-state index contributed by atoms with van der Waals surface area (Å²) in [5.41, 5.74) is 2.74. The molecule has 2 N–H and O–H groups in total. The summed E-state index contributed by atoms with van der Waals surface area (Å²) >= 11 is 0. The van der Waals surface area contributed by atoms with E-state index < -0.39 is 13.7 Å². The molecule has 0 saturated heterocycles. The molecule has 0 bridgehead atoms. The molecule has 0 aliphatic carbocycles. The van der Waals surface area contributed by atoms with Gasteiger partial charge in [-0.15, -0.1) is 0 Å². The van der Waals surface area contributed by atoms with Gasteiger partial charge in [0.25, 0.3) is 5.91 Å². The lowest BCUT2D eigenvalue weighted by molar-refractivity contribution is 0.0999. The molecule has 0 spiro atoms. The Labute approximate surface area is 129 Å².